The molecule has 0 bridgehead atoms. The summed E-state index contributed by atoms with van der Waals surface area (Å²) in [5.74, 6) is 0.0829. The van der Waals surface area contributed by atoms with Gasteiger partial charge in [-0.15, -0.1) is 0 Å². The highest BCUT2D eigenvalue weighted by Crippen LogP contribution is 2.07. The van der Waals surface area contributed by atoms with Gasteiger partial charge in [-0.1, -0.05) is 0 Å². The summed E-state index contributed by atoms with van der Waals surface area (Å²) in [5, 5.41) is 2.66. The number of nitrogens with one attached hydrogen (secondary N) is 1. The first kappa shape index (κ1) is 5.95. The molecule has 0 aromatic carbocycles. The molecule has 1 fully saturated rings. The SMILES string of the molecule is O=C1NCCC[C@@H]1S. The van der Waals surface area contributed by atoms with Crippen molar-refractivity contribution in [2.45, 2.75) is 18.1 Å². The van der Waals surface area contributed by atoms with Crippen LogP contribution < -0.4 is 5.32 Å². The summed E-state index contributed by atoms with van der Waals surface area (Å²) < 4.78 is 0. The van der Waals surface area contributed by atoms with Crippen LogP contribution in [0.15, 0.2) is 0 Å². The molecule has 1 rings (SSSR count). The van der Waals surface area contributed by atoms with Crippen molar-refractivity contribution < 1.29 is 4.79 Å². The molecule has 46 valence electrons. The standard InChI is InChI=1S/C5H9NOS/c7-5-4(8)2-1-3-6-5/h4,8H,1-3H2,(H,6,7)/t4-/m0/s1. The summed E-state index contributed by atoms with van der Waals surface area (Å²) in [6.07, 6.45) is 1.99. The number of carbonyl (C=O) groups is 1. The first-order valence-corrected chi connectivity index (χ1v) is 3.28. The lowest BCUT2D eigenvalue weighted by atomic mass is 10.1. The van der Waals surface area contributed by atoms with Gasteiger partial charge in [0, 0.05) is 6.54 Å². The van der Waals surface area contributed by atoms with E-state index in [1.807, 2.05) is 0 Å². The quantitative estimate of drug-likeness (QED) is 0.452. The maximum atomic E-state index is 10.6. The number of hydrogen-bond donors (Lipinski definition) is 2. The number of rotatable bonds is 0. The first-order chi connectivity index (χ1) is 3.80. The fourth-order valence-electron chi connectivity index (χ4n) is 0.756. The summed E-state index contributed by atoms with van der Waals surface area (Å²) in [4.78, 5) is 10.6. The Kier molecular flexibility index (Phi) is 1.78. The van der Waals surface area contributed by atoms with Gasteiger partial charge < -0.3 is 5.32 Å². The van der Waals surface area contributed by atoms with E-state index in [1.165, 1.54) is 0 Å². The van der Waals surface area contributed by atoms with Gasteiger partial charge in [-0.25, -0.2) is 0 Å². The summed E-state index contributed by atoms with van der Waals surface area (Å²) >= 11 is 4.04. The van der Waals surface area contributed by atoms with Crippen molar-refractivity contribution in [1.82, 2.24) is 5.32 Å². The van der Waals surface area contributed by atoms with E-state index in [2.05, 4.69) is 17.9 Å². The first-order valence-electron chi connectivity index (χ1n) is 2.76. The predicted molar refractivity (Wildman–Crippen MR) is 35.0 cm³/mol. The molecule has 1 aliphatic heterocycles. The summed E-state index contributed by atoms with van der Waals surface area (Å²) in [5.41, 5.74) is 0. The van der Waals surface area contributed by atoms with Gasteiger partial charge in [0.25, 0.3) is 0 Å². The molecule has 0 saturated carbocycles. The van der Waals surface area contributed by atoms with Gasteiger partial charge in [0.05, 0.1) is 5.25 Å². The molecule has 1 amide bonds. The molecule has 0 aromatic heterocycles. The van der Waals surface area contributed by atoms with Crippen LogP contribution in [0.3, 0.4) is 0 Å². The van der Waals surface area contributed by atoms with Gasteiger partial charge in [0.2, 0.25) is 5.91 Å². The van der Waals surface area contributed by atoms with Gasteiger partial charge in [-0.05, 0) is 12.8 Å². The van der Waals surface area contributed by atoms with E-state index in [0.29, 0.717) is 0 Å². The van der Waals surface area contributed by atoms with Crippen molar-refractivity contribution in [1.29, 1.82) is 0 Å². The average molecular weight is 131 g/mol. The molecule has 0 spiro atoms. The monoisotopic (exact) mass is 131 g/mol. The molecule has 0 aromatic rings. The maximum Gasteiger partial charge on any atom is 0.232 e. The third-order valence-corrected chi connectivity index (χ3v) is 1.75. The molecule has 1 aliphatic rings. The minimum Gasteiger partial charge on any atom is -0.355 e. The molecule has 1 N–H and O–H groups in total. The minimum absolute atomic E-state index is 0.0521. The second-order valence-corrected chi connectivity index (χ2v) is 2.57. The molecule has 2 nitrogen and oxygen atoms in total. The van der Waals surface area contributed by atoms with Crippen LogP contribution >= 0.6 is 12.6 Å². The molecule has 1 saturated heterocycles. The van der Waals surface area contributed by atoms with Gasteiger partial charge >= 0.3 is 0 Å². The zero-order chi connectivity index (χ0) is 5.98. The average Bonchev–Trinajstić information content (AvgIpc) is 1.77. The van der Waals surface area contributed by atoms with Crippen LogP contribution in [-0.2, 0) is 4.79 Å². The molecule has 3 heteroatoms. The zero-order valence-corrected chi connectivity index (χ0v) is 5.45. The van der Waals surface area contributed by atoms with Crippen molar-refractivity contribution in [2.24, 2.45) is 0 Å². The van der Waals surface area contributed by atoms with Crippen molar-refractivity contribution in [2.75, 3.05) is 6.54 Å². The second kappa shape index (κ2) is 2.40. The fraction of sp³-hybridized carbons (Fsp3) is 0.800. The Morgan fingerprint density at radius 3 is 2.88 bits per heavy atom. The van der Waals surface area contributed by atoms with E-state index in [4.69, 9.17) is 0 Å². The summed E-state index contributed by atoms with van der Waals surface area (Å²) in [6, 6.07) is 0. The lowest BCUT2D eigenvalue weighted by molar-refractivity contribution is -0.121. The molecule has 1 atom stereocenters. The Morgan fingerprint density at radius 1 is 1.75 bits per heavy atom. The topological polar surface area (TPSA) is 29.1 Å². The molecule has 1 heterocycles. The predicted octanol–water partition coefficient (Wildman–Crippen LogP) is 0.195. The van der Waals surface area contributed by atoms with Crippen molar-refractivity contribution >= 4 is 18.5 Å². The fourth-order valence-corrected chi connectivity index (χ4v) is 1.03. The third kappa shape index (κ3) is 1.15. The number of carbonyl (C=O) groups excluding carboxylic acids is 1. The number of hydrogen-bond acceptors (Lipinski definition) is 2. The maximum absolute atomic E-state index is 10.6. The van der Waals surface area contributed by atoms with Gasteiger partial charge in [-0.2, -0.15) is 12.6 Å². The normalized spacial score (nSPS) is 29.6. The van der Waals surface area contributed by atoms with E-state index in [9.17, 15) is 4.79 Å². The van der Waals surface area contributed by atoms with Crippen molar-refractivity contribution in [3.05, 3.63) is 0 Å². The number of thiol groups is 1. The molecular weight excluding hydrogens is 122 g/mol. The van der Waals surface area contributed by atoms with E-state index < -0.39 is 0 Å². The highest BCUT2D eigenvalue weighted by molar-refractivity contribution is 7.81. The van der Waals surface area contributed by atoms with E-state index in [0.717, 1.165) is 19.4 Å². The van der Waals surface area contributed by atoms with Crippen molar-refractivity contribution in [3.63, 3.8) is 0 Å². The molecule has 0 unspecified atom stereocenters. The Labute approximate surface area is 54.1 Å². The largest absolute Gasteiger partial charge is 0.355 e. The van der Waals surface area contributed by atoms with Crippen LogP contribution in [-0.4, -0.2) is 17.7 Å². The third-order valence-electron chi connectivity index (χ3n) is 1.26. The molecule has 8 heavy (non-hydrogen) atoms. The molecule has 0 radical (unpaired) electrons. The Hall–Kier alpha value is -0.180. The highest BCUT2D eigenvalue weighted by Gasteiger charge is 2.16. The van der Waals surface area contributed by atoms with Crippen LogP contribution in [0, 0.1) is 0 Å². The Bertz CT molecular complexity index is 105. The van der Waals surface area contributed by atoms with Crippen LogP contribution in [0.2, 0.25) is 0 Å². The van der Waals surface area contributed by atoms with Crippen LogP contribution in [0.5, 0.6) is 0 Å². The smallest absolute Gasteiger partial charge is 0.232 e. The molecule has 0 aliphatic carbocycles. The minimum atomic E-state index is -0.0521. The van der Waals surface area contributed by atoms with Gasteiger partial charge in [-0.3, -0.25) is 4.79 Å². The molecular formula is C5H9NOS. The van der Waals surface area contributed by atoms with E-state index in [1.54, 1.807) is 0 Å². The lowest BCUT2D eigenvalue weighted by Gasteiger charge is -2.16. The van der Waals surface area contributed by atoms with E-state index in [-0.39, 0.29) is 11.2 Å². The van der Waals surface area contributed by atoms with Crippen LogP contribution in [0.1, 0.15) is 12.8 Å². The van der Waals surface area contributed by atoms with Crippen LogP contribution in [0.4, 0.5) is 0 Å². The lowest BCUT2D eigenvalue weighted by Crippen LogP contribution is -2.37. The second-order valence-electron chi connectivity index (χ2n) is 1.95. The zero-order valence-electron chi connectivity index (χ0n) is 4.55. The Balaban J connectivity index is 2.39. The summed E-state index contributed by atoms with van der Waals surface area (Å²) in [7, 11) is 0. The van der Waals surface area contributed by atoms with Gasteiger partial charge in [0.15, 0.2) is 0 Å². The number of piperidine rings is 1. The Morgan fingerprint density at radius 2 is 2.50 bits per heavy atom. The van der Waals surface area contributed by atoms with Gasteiger partial charge in [0.1, 0.15) is 0 Å². The van der Waals surface area contributed by atoms with Crippen molar-refractivity contribution in [3.8, 4) is 0 Å². The van der Waals surface area contributed by atoms with E-state index >= 15 is 0 Å². The van der Waals surface area contributed by atoms with Crippen LogP contribution in [0.25, 0.3) is 0 Å². The highest BCUT2D eigenvalue weighted by atomic mass is 32.1. The summed E-state index contributed by atoms with van der Waals surface area (Å²) in [6.45, 7) is 0.829. The number of amides is 1.